The van der Waals surface area contributed by atoms with Crippen molar-refractivity contribution in [2.24, 2.45) is 5.92 Å². The number of hydrogen-bond donors (Lipinski definition) is 1. The molecule has 0 aliphatic carbocycles. The van der Waals surface area contributed by atoms with Crippen LogP contribution < -0.4 is 10.1 Å². The summed E-state index contributed by atoms with van der Waals surface area (Å²) < 4.78 is 5.46. The summed E-state index contributed by atoms with van der Waals surface area (Å²) in [6, 6.07) is 7.48. The first-order valence-electron chi connectivity index (χ1n) is 7.41. The van der Waals surface area contributed by atoms with Gasteiger partial charge in [0.05, 0.1) is 6.61 Å². The van der Waals surface area contributed by atoms with Gasteiger partial charge >= 0.3 is 0 Å². The second-order valence-corrected chi connectivity index (χ2v) is 5.28. The van der Waals surface area contributed by atoms with Crippen LogP contribution in [0.15, 0.2) is 24.3 Å². The van der Waals surface area contributed by atoms with E-state index in [1.54, 1.807) is 0 Å². The highest BCUT2D eigenvalue weighted by Gasteiger charge is 2.24. The van der Waals surface area contributed by atoms with E-state index in [4.69, 9.17) is 4.74 Å². The molecule has 4 heteroatoms. The molecule has 1 aromatic carbocycles. The van der Waals surface area contributed by atoms with Crippen molar-refractivity contribution in [1.82, 2.24) is 10.2 Å². The Kier molecular flexibility index (Phi) is 5.41. The van der Waals surface area contributed by atoms with E-state index in [0.717, 1.165) is 37.4 Å². The van der Waals surface area contributed by atoms with Crippen LogP contribution in [0.25, 0.3) is 0 Å². The van der Waals surface area contributed by atoms with Crippen LogP contribution in [-0.2, 0) is 0 Å². The van der Waals surface area contributed by atoms with Crippen molar-refractivity contribution < 1.29 is 9.53 Å². The first kappa shape index (κ1) is 14.9. The van der Waals surface area contributed by atoms with Crippen LogP contribution in [0.5, 0.6) is 5.75 Å². The summed E-state index contributed by atoms with van der Waals surface area (Å²) in [4.78, 5) is 14.5. The number of benzene rings is 1. The highest BCUT2D eigenvalue weighted by Crippen LogP contribution is 2.20. The maximum absolute atomic E-state index is 12.6. The van der Waals surface area contributed by atoms with Gasteiger partial charge in [-0.2, -0.15) is 0 Å². The average Bonchev–Trinajstić information content (AvgIpc) is 2.48. The van der Waals surface area contributed by atoms with Crippen LogP contribution in [0.2, 0.25) is 0 Å². The molecule has 1 aliphatic rings. The Labute approximate surface area is 121 Å². The molecule has 1 aromatic rings. The predicted molar refractivity (Wildman–Crippen MR) is 80.2 cm³/mol. The lowest BCUT2D eigenvalue weighted by atomic mass is 9.97. The van der Waals surface area contributed by atoms with Crippen molar-refractivity contribution >= 4 is 5.91 Å². The van der Waals surface area contributed by atoms with Gasteiger partial charge in [0.15, 0.2) is 0 Å². The molecule has 1 unspecified atom stereocenters. The van der Waals surface area contributed by atoms with E-state index < -0.39 is 0 Å². The number of rotatable bonds is 5. The number of carbonyl (C=O) groups excluding carboxylic acids is 1. The largest absolute Gasteiger partial charge is 0.494 e. The zero-order valence-electron chi connectivity index (χ0n) is 12.4. The Morgan fingerprint density at radius 2 is 2.35 bits per heavy atom. The van der Waals surface area contributed by atoms with Crippen LogP contribution in [0.1, 0.15) is 30.1 Å². The molecule has 110 valence electrons. The molecule has 1 N–H and O–H groups in total. The third kappa shape index (κ3) is 3.73. The molecule has 0 saturated carbocycles. The summed E-state index contributed by atoms with van der Waals surface area (Å²) in [5.41, 5.74) is 0.723. The molecule has 0 aromatic heterocycles. The van der Waals surface area contributed by atoms with Crippen LogP contribution in [-0.4, -0.2) is 44.1 Å². The summed E-state index contributed by atoms with van der Waals surface area (Å²) in [5, 5.41) is 3.20. The topological polar surface area (TPSA) is 41.6 Å². The molecule has 0 spiro atoms. The summed E-state index contributed by atoms with van der Waals surface area (Å²) in [6.45, 7) is 5.24. The standard InChI is InChI=1S/C16H24N2O2/c1-3-20-15-8-4-7-14(10-15)16(19)18-9-5-6-13(12-18)11-17-2/h4,7-8,10,13,17H,3,5-6,9,11-12H2,1-2H3. The SMILES string of the molecule is CCOc1cccc(C(=O)N2CCCC(CNC)C2)c1. The fourth-order valence-corrected chi connectivity index (χ4v) is 2.77. The van der Waals surface area contributed by atoms with Crippen LogP contribution in [0.4, 0.5) is 0 Å². The van der Waals surface area contributed by atoms with Crippen LogP contribution in [0.3, 0.4) is 0 Å². The molecule has 1 heterocycles. The number of carbonyl (C=O) groups is 1. The van der Waals surface area contributed by atoms with Crippen molar-refractivity contribution in [3.8, 4) is 5.75 Å². The molecule has 20 heavy (non-hydrogen) atoms. The fourth-order valence-electron chi connectivity index (χ4n) is 2.77. The summed E-state index contributed by atoms with van der Waals surface area (Å²) in [6.07, 6.45) is 2.28. The molecule has 0 bridgehead atoms. The van der Waals surface area contributed by atoms with Gasteiger partial charge in [-0.3, -0.25) is 4.79 Å². The summed E-state index contributed by atoms with van der Waals surface area (Å²) >= 11 is 0. The van der Waals surface area contributed by atoms with Crippen molar-refractivity contribution in [1.29, 1.82) is 0 Å². The second-order valence-electron chi connectivity index (χ2n) is 5.28. The zero-order valence-corrected chi connectivity index (χ0v) is 12.4. The molecule has 1 saturated heterocycles. The van der Waals surface area contributed by atoms with Gasteiger partial charge in [0.2, 0.25) is 0 Å². The summed E-state index contributed by atoms with van der Waals surface area (Å²) in [5.74, 6) is 1.45. The van der Waals surface area contributed by atoms with E-state index >= 15 is 0 Å². The first-order valence-corrected chi connectivity index (χ1v) is 7.41. The lowest BCUT2D eigenvalue weighted by molar-refractivity contribution is 0.0674. The lowest BCUT2D eigenvalue weighted by Gasteiger charge is -2.32. The van der Waals surface area contributed by atoms with E-state index in [1.165, 1.54) is 6.42 Å². The minimum Gasteiger partial charge on any atom is -0.494 e. The molecule has 2 rings (SSSR count). The van der Waals surface area contributed by atoms with E-state index in [0.29, 0.717) is 12.5 Å². The average molecular weight is 276 g/mol. The fraction of sp³-hybridized carbons (Fsp3) is 0.562. The highest BCUT2D eigenvalue weighted by atomic mass is 16.5. The number of piperidine rings is 1. The second kappa shape index (κ2) is 7.29. The number of nitrogens with zero attached hydrogens (tertiary/aromatic N) is 1. The van der Waals surface area contributed by atoms with Gasteiger partial charge in [0, 0.05) is 18.7 Å². The van der Waals surface area contributed by atoms with E-state index in [-0.39, 0.29) is 5.91 Å². The number of likely N-dealkylation sites (tertiary alicyclic amines) is 1. The predicted octanol–water partition coefficient (Wildman–Crippen LogP) is 2.16. The van der Waals surface area contributed by atoms with Crippen molar-refractivity contribution in [3.05, 3.63) is 29.8 Å². The number of ether oxygens (including phenoxy) is 1. The van der Waals surface area contributed by atoms with Gasteiger partial charge in [-0.05, 0) is 57.5 Å². The van der Waals surface area contributed by atoms with Crippen molar-refractivity contribution in [2.45, 2.75) is 19.8 Å². The molecule has 1 amide bonds. The Balaban J connectivity index is 2.04. The zero-order chi connectivity index (χ0) is 14.4. The molecule has 1 atom stereocenters. The lowest BCUT2D eigenvalue weighted by Crippen LogP contribution is -2.42. The summed E-state index contributed by atoms with van der Waals surface area (Å²) in [7, 11) is 1.96. The molecule has 1 aliphatic heterocycles. The number of amides is 1. The van der Waals surface area contributed by atoms with Gasteiger partial charge in [-0.1, -0.05) is 6.07 Å². The molecule has 0 radical (unpaired) electrons. The first-order chi connectivity index (χ1) is 9.74. The van der Waals surface area contributed by atoms with E-state index in [1.807, 2.05) is 43.1 Å². The van der Waals surface area contributed by atoms with E-state index in [9.17, 15) is 4.79 Å². The Bertz CT molecular complexity index is 446. The molecule has 1 fully saturated rings. The quantitative estimate of drug-likeness (QED) is 0.896. The van der Waals surface area contributed by atoms with Crippen LogP contribution in [0, 0.1) is 5.92 Å². The van der Waals surface area contributed by atoms with Gasteiger partial charge in [-0.15, -0.1) is 0 Å². The maximum Gasteiger partial charge on any atom is 0.253 e. The van der Waals surface area contributed by atoms with Crippen LogP contribution >= 0.6 is 0 Å². The number of nitrogens with one attached hydrogen (secondary N) is 1. The third-order valence-electron chi connectivity index (χ3n) is 3.69. The van der Waals surface area contributed by atoms with Gasteiger partial charge in [0.25, 0.3) is 5.91 Å². The Morgan fingerprint density at radius 1 is 1.50 bits per heavy atom. The third-order valence-corrected chi connectivity index (χ3v) is 3.69. The Morgan fingerprint density at radius 3 is 3.10 bits per heavy atom. The highest BCUT2D eigenvalue weighted by molar-refractivity contribution is 5.94. The van der Waals surface area contributed by atoms with E-state index in [2.05, 4.69) is 5.32 Å². The van der Waals surface area contributed by atoms with Gasteiger partial charge < -0.3 is 15.0 Å². The van der Waals surface area contributed by atoms with Gasteiger partial charge in [-0.25, -0.2) is 0 Å². The molecular formula is C16H24N2O2. The normalized spacial score (nSPS) is 18.9. The monoisotopic (exact) mass is 276 g/mol. The minimum absolute atomic E-state index is 0.118. The maximum atomic E-state index is 12.6. The Hall–Kier alpha value is -1.55. The molecule has 4 nitrogen and oxygen atoms in total. The minimum atomic E-state index is 0.118. The van der Waals surface area contributed by atoms with Gasteiger partial charge in [0.1, 0.15) is 5.75 Å². The van der Waals surface area contributed by atoms with Crippen molar-refractivity contribution in [2.75, 3.05) is 33.3 Å². The number of hydrogen-bond acceptors (Lipinski definition) is 3. The van der Waals surface area contributed by atoms with Crippen molar-refractivity contribution in [3.63, 3.8) is 0 Å². The molecular weight excluding hydrogens is 252 g/mol. The smallest absolute Gasteiger partial charge is 0.253 e.